The summed E-state index contributed by atoms with van der Waals surface area (Å²) in [5, 5.41) is 11.3. The van der Waals surface area contributed by atoms with Crippen molar-refractivity contribution in [1.29, 1.82) is 0 Å². The van der Waals surface area contributed by atoms with Gasteiger partial charge in [-0.1, -0.05) is 0 Å². The number of carboxylic acid groups (broad SMARTS) is 1. The fourth-order valence-corrected chi connectivity index (χ4v) is 2.38. The summed E-state index contributed by atoms with van der Waals surface area (Å²) in [5.41, 5.74) is 0. The zero-order chi connectivity index (χ0) is 14.5. The topological polar surface area (TPSA) is 79.5 Å². The van der Waals surface area contributed by atoms with Crippen LogP contribution < -0.4 is 5.32 Å². The molecule has 0 radical (unpaired) electrons. The molecule has 0 saturated heterocycles. The first-order chi connectivity index (χ1) is 9.54. The monoisotopic (exact) mass is 291 g/mol. The number of furan rings is 1. The number of thiophene rings is 1. The summed E-state index contributed by atoms with van der Waals surface area (Å²) in [6, 6.07) is 7.01. The summed E-state index contributed by atoms with van der Waals surface area (Å²) in [5.74, 6) is 0.265. The van der Waals surface area contributed by atoms with E-state index >= 15 is 0 Å². The highest BCUT2D eigenvalue weighted by molar-refractivity contribution is 7.14. The van der Waals surface area contributed by atoms with Crippen LogP contribution in [-0.4, -0.2) is 17.0 Å². The second-order valence-electron chi connectivity index (χ2n) is 4.07. The zero-order valence-corrected chi connectivity index (χ0v) is 11.6. The number of aryl methyl sites for hydroxylation is 1. The highest BCUT2D eigenvalue weighted by Crippen LogP contribution is 2.18. The summed E-state index contributed by atoms with van der Waals surface area (Å²) in [4.78, 5) is 23.5. The van der Waals surface area contributed by atoms with Gasteiger partial charge in [-0.2, -0.15) is 0 Å². The van der Waals surface area contributed by atoms with Gasteiger partial charge in [0.1, 0.15) is 11.5 Å². The Morgan fingerprint density at radius 3 is 2.80 bits per heavy atom. The lowest BCUT2D eigenvalue weighted by molar-refractivity contribution is -0.131. The minimum atomic E-state index is -1.02. The highest BCUT2D eigenvalue weighted by Gasteiger charge is 2.09. The Morgan fingerprint density at radius 2 is 2.15 bits per heavy atom. The van der Waals surface area contributed by atoms with Gasteiger partial charge in [0.15, 0.2) is 0 Å². The number of amides is 1. The maximum atomic E-state index is 11.9. The van der Waals surface area contributed by atoms with E-state index in [9.17, 15) is 9.59 Å². The van der Waals surface area contributed by atoms with Crippen molar-refractivity contribution in [2.24, 2.45) is 0 Å². The highest BCUT2D eigenvalue weighted by atomic mass is 32.1. The second kappa shape index (κ2) is 6.21. The molecular formula is C14H13NO4S. The first-order valence-corrected chi connectivity index (χ1v) is 6.70. The van der Waals surface area contributed by atoms with Gasteiger partial charge in [-0.15, -0.1) is 11.3 Å². The minimum absolute atomic E-state index is 0.209. The lowest BCUT2D eigenvalue weighted by Gasteiger charge is -2.00. The fraction of sp³-hybridized carbons (Fsp3) is 0.143. The van der Waals surface area contributed by atoms with Gasteiger partial charge in [0, 0.05) is 11.0 Å². The van der Waals surface area contributed by atoms with Crippen LogP contribution in [0.3, 0.4) is 0 Å². The SMILES string of the molecule is Cc1ccc(CNC(=O)c2ccc(C=CC(=O)O)s2)o1. The molecule has 0 aliphatic carbocycles. The average molecular weight is 291 g/mol. The van der Waals surface area contributed by atoms with Crippen LogP contribution in [0.4, 0.5) is 0 Å². The van der Waals surface area contributed by atoms with E-state index in [-0.39, 0.29) is 5.91 Å². The maximum Gasteiger partial charge on any atom is 0.328 e. The van der Waals surface area contributed by atoms with E-state index in [4.69, 9.17) is 9.52 Å². The number of aliphatic carboxylic acids is 1. The van der Waals surface area contributed by atoms with Crippen LogP contribution in [-0.2, 0) is 11.3 Å². The summed E-state index contributed by atoms with van der Waals surface area (Å²) in [6.45, 7) is 2.16. The van der Waals surface area contributed by atoms with Gasteiger partial charge in [0.05, 0.1) is 11.4 Å². The third kappa shape index (κ3) is 3.83. The molecule has 2 aromatic rings. The van der Waals surface area contributed by atoms with E-state index in [1.54, 1.807) is 12.1 Å². The van der Waals surface area contributed by atoms with Gasteiger partial charge in [0.25, 0.3) is 5.91 Å². The van der Waals surface area contributed by atoms with Crippen molar-refractivity contribution in [2.45, 2.75) is 13.5 Å². The summed E-state index contributed by atoms with van der Waals surface area (Å²) in [7, 11) is 0. The number of carboxylic acids is 1. The molecule has 0 spiro atoms. The van der Waals surface area contributed by atoms with Crippen LogP contribution in [0.1, 0.15) is 26.1 Å². The standard InChI is InChI=1S/C14H13NO4S/c1-9-2-3-10(19-9)8-15-14(18)12-6-4-11(20-12)5-7-13(16)17/h2-7H,8H2,1H3,(H,15,18)(H,16,17). The third-order valence-electron chi connectivity index (χ3n) is 2.46. The molecule has 104 valence electrons. The molecule has 2 rings (SSSR count). The average Bonchev–Trinajstić information content (AvgIpc) is 3.02. The van der Waals surface area contributed by atoms with Gasteiger partial charge < -0.3 is 14.8 Å². The van der Waals surface area contributed by atoms with Crippen molar-refractivity contribution < 1.29 is 19.1 Å². The van der Waals surface area contributed by atoms with E-state index in [0.717, 1.165) is 11.8 Å². The first kappa shape index (κ1) is 14.1. The Hall–Kier alpha value is -2.34. The van der Waals surface area contributed by atoms with Crippen LogP contribution in [0, 0.1) is 6.92 Å². The lowest BCUT2D eigenvalue weighted by Crippen LogP contribution is -2.21. The van der Waals surface area contributed by atoms with Gasteiger partial charge >= 0.3 is 5.97 Å². The molecule has 0 fully saturated rings. The number of hydrogen-bond acceptors (Lipinski definition) is 4. The summed E-state index contributed by atoms with van der Waals surface area (Å²) in [6.07, 6.45) is 2.50. The molecule has 2 N–H and O–H groups in total. The molecule has 2 aromatic heterocycles. The van der Waals surface area contributed by atoms with E-state index in [1.807, 2.05) is 19.1 Å². The molecule has 2 heterocycles. The molecule has 0 bridgehead atoms. The van der Waals surface area contributed by atoms with Crippen LogP contribution in [0.5, 0.6) is 0 Å². The normalized spacial score (nSPS) is 10.8. The summed E-state index contributed by atoms with van der Waals surface area (Å²) >= 11 is 1.23. The Labute approximate surface area is 119 Å². The van der Waals surface area contributed by atoms with Crippen molar-refractivity contribution in [2.75, 3.05) is 0 Å². The van der Waals surface area contributed by atoms with Crippen LogP contribution in [0.2, 0.25) is 0 Å². The lowest BCUT2D eigenvalue weighted by atomic mass is 10.3. The second-order valence-corrected chi connectivity index (χ2v) is 5.18. The Morgan fingerprint density at radius 1 is 1.35 bits per heavy atom. The molecule has 0 aliphatic heterocycles. The molecule has 0 atom stereocenters. The Balaban J connectivity index is 1.94. The fourth-order valence-electron chi connectivity index (χ4n) is 1.55. The molecule has 1 amide bonds. The molecular weight excluding hydrogens is 278 g/mol. The predicted molar refractivity (Wildman–Crippen MR) is 75.6 cm³/mol. The van der Waals surface area contributed by atoms with Crippen molar-refractivity contribution in [3.8, 4) is 0 Å². The van der Waals surface area contributed by atoms with E-state index in [0.29, 0.717) is 22.1 Å². The van der Waals surface area contributed by atoms with Gasteiger partial charge in [-0.3, -0.25) is 4.79 Å². The number of carbonyl (C=O) groups is 2. The maximum absolute atomic E-state index is 11.9. The van der Waals surface area contributed by atoms with Crippen LogP contribution in [0.15, 0.2) is 34.8 Å². The van der Waals surface area contributed by atoms with E-state index in [1.165, 1.54) is 17.4 Å². The predicted octanol–water partition coefficient (Wildman–Crippen LogP) is 2.68. The smallest absolute Gasteiger partial charge is 0.328 e. The van der Waals surface area contributed by atoms with E-state index in [2.05, 4.69) is 5.32 Å². The minimum Gasteiger partial charge on any atom is -0.478 e. The number of nitrogens with one attached hydrogen (secondary N) is 1. The van der Waals surface area contributed by atoms with E-state index < -0.39 is 5.97 Å². The van der Waals surface area contributed by atoms with Crippen molar-refractivity contribution >= 4 is 29.3 Å². The van der Waals surface area contributed by atoms with Crippen molar-refractivity contribution in [3.05, 3.63) is 51.6 Å². The number of hydrogen-bond donors (Lipinski definition) is 2. The molecule has 0 aliphatic rings. The van der Waals surface area contributed by atoms with Gasteiger partial charge in [-0.25, -0.2) is 4.79 Å². The first-order valence-electron chi connectivity index (χ1n) is 5.89. The third-order valence-corrected chi connectivity index (χ3v) is 3.51. The summed E-state index contributed by atoms with van der Waals surface area (Å²) < 4.78 is 5.35. The molecule has 5 nitrogen and oxygen atoms in total. The van der Waals surface area contributed by atoms with Gasteiger partial charge in [-0.05, 0) is 37.3 Å². The number of rotatable bonds is 5. The molecule has 0 aromatic carbocycles. The molecule has 20 heavy (non-hydrogen) atoms. The Bertz CT molecular complexity index is 654. The zero-order valence-electron chi connectivity index (χ0n) is 10.8. The van der Waals surface area contributed by atoms with Crippen molar-refractivity contribution in [1.82, 2.24) is 5.32 Å². The molecule has 0 saturated carbocycles. The molecule has 6 heteroatoms. The van der Waals surface area contributed by atoms with Crippen molar-refractivity contribution in [3.63, 3.8) is 0 Å². The Kier molecular flexibility index (Phi) is 4.37. The quantitative estimate of drug-likeness (QED) is 0.830. The van der Waals surface area contributed by atoms with Crippen LogP contribution in [0.25, 0.3) is 6.08 Å². The molecule has 0 unspecified atom stereocenters. The largest absolute Gasteiger partial charge is 0.478 e. The number of carbonyl (C=O) groups excluding carboxylic acids is 1. The van der Waals surface area contributed by atoms with Crippen LogP contribution >= 0.6 is 11.3 Å². The van der Waals surface area contributed by atoms with Gasteiger partial charge in [0.2, 0.25) is 0 Å².